The van der Waals surface area contributed by atoms with Gasteiger partial charge in [0.1, 0.15) is 0 Å². The standard InChI is InChI=1S/C16H24O2/c1-13-6-2-3-10-16(13)14(12-17)7-4-8-15-9-5-11-18-15/h2-3,6,10,14-15,17H,4-5,7-9,11-12H2,1H3. The Morgan fingerprint density at radius 3 is 2.89 bits per heavy atom. The third kappa shape index (κ3) is 3.56. The van der Waals surface area contributed by atoms with Crippen LogP contribution in [0.15, 0.2) is 24.3 Å². The molecule has 2 nitrogen and oxygen atoms in total. The Labute approximate surface area is 110 Å². The van der Waals surface area contributed by atoms with Gasteiger partial charge in [-0.15, -0.1) is 0 Å². The van der Waals surface area contributed by atoms with Crippen molar-refractivity contribution in [3.05, 3.63) is 35.4 Å². The van der Waals surface area contributed by atoms with E-state index in [2.05, 4.69) is 31.2 Å². The van der Waals surface area contributed by atoms with Crippen LogP contribution >= 0.6 is 0 Å². The first-order chi connectivity index (χ1) is 8.81. The van der Waals surface area contributed by atoms with Gasteiger partial charge in [0, 0.05) is 19.1 Å². The largest absolute Gasteiger partial charge is 0.396 e. The number of benzene rings is 1. The van der Waals surface area contributed by atoms with Gasteiger partial charge in [-0.1, -0.05) is 30.7 Å². The summed E-state index contributed by atoms with van der Waals surface area (Å²) in [4.78, 5) is 0. The van der Waals surface area contributed by atoms with Crippen LogP contribution in [0.3, 0.4) is 0 Å². The van der Waals surface area contributed by atoms with Gasteiger partial charge in [0.05, 0.1) is 6.10 Å². The molecule has 1 N–H and O–H groups in total. The Bertz CT molecular complexity index is 356. The number of hydrogen-bond acceptors (Lipinski definition) is 2. The minimum Gasteiger partial charge on any atom is -0.396 e. The molecular weight excluding hydrogens is 224 g/mol. The van der Waals surface area contributed by atoms with Crippen molar-refractivity contribution in [2.24, 2.45) is 0 Å². The van der Waals surface area contributed by atoms with Gasteiger partial charge in [-0.2, -0.15) is 0 Å². The van der Waals surface area contributed by atoms with Gasteiger partial charge in [-0.25, -0.2) is 0 Å². The minimum atomic E-state index is 0.246. The molecule has 0 bridgehead atoms. The molecular formula is C16H24O2. The van der Waals surface area contributed by atoms with Crippen molar-refractivity contribution in [2.75, 3.05) is 13.2 Å². The van der Waals surface area contributed by atoms with Gasteiger partial charge < -0.3 is 9.84 Å². The van der Waals surface area contributed by atoms with E-state index in [-0.39, 0.29) is 12.5 Å². The fourth-order valence-corrected chi connectivity index (χ4v) is 2.85. The molecule has 2 heteroatoms. The second-order valence-corrected chi connectivity index (χ2v) is 5.30. The summed E-state index contributed by atoms with van der Waals surface area (Å²) in [5, 5.41) is 9.56. The summed E-state index contributed by atoms with van der Waals surface area (Å²) < 4.78 is 5.64. The fourth-order valence-electron chi connectivity index (χ4n) is 2.85. The van der Waals surface area contributed by atoms with Crippen LogP contribution in [0.1, 0.15) is 49.1 Å². The molecule has 18 heavy (non-hydrogen) atoms. The van der Waals surface area contributed by atoms with Gasteiger partial charge in [0.15, 0.2) is 0 Å². The maximum absolute atomic E-state index is 9.56. The van der Waals surface area contributed by atoms with Crippen LogP contribution in [0.4, 0.5) is 0 Å². The molecule has 0 saturated carbocycles. The van der Waals surface area contributed by atoms with Gasteiger partial charge >= 0.3 is 0 Å². The average molecular weight is 248 g/mol. The van der Waals surface area contributed by atoms with E-state index in [1.54, 1.807) is 0 Å². The van der Waals surface area contributed by atoms with E-state index in [4.69, 9.17) is 4.74 Å². The highest BCUT2D eigenvalue weighted by Gasteiger charge is 2.17. The van der Waals surface area contributed by atoms with Crippen LogP contribution in [0.5, 0.6) is 0 Å². The van der Waals surface area contributed by atoms with Crippen LogP contribution in [0, 0.1) is 6.92 Å². The van der Waals surface area contributed by atoms with Crippen molar-refractivity contribution in [1.82, 2.24) is 0 Å². The van der Waals surface area contributed by atoms with E-state index in [0.717, 1.165) is 25.9 Å². The summed E-state index contributed by atoms with van der Waals surface area (Å²) in [5.41, 5.74) is 2.58. The Hall–Kier alpha value is -0.860. The van der Waals surface area contributed by atoms with Crippen molar-refractivity contribution in [3.8, 4) is 0 Å². The molecule has 1 aromatic rings. The third-order valence-corrected chi connectivity index (χ3v) is 3.95. The summed E-state index contributed by atoms with van der Waals surface area (Å²) in [5.74, 6) is 0.285. The maximum atomic E-state index is 9.56. The van der Waals surface area contributed by atoms with Gasteiger partial charge in [0.2, 0.25) is 0 Å². The number of aryl methyl sites for hydroxylation is 1. The van der Waals surface area contributed by atoms with Crippen molar-refractivity contribution in [2.45, 2.75) is 51.0 Å². The number of aliphatic hydroxyl groups is 1. The van der Waals surface area contributed by atoms with E-state index in [9.17, 15) is 5.11 Å². The third-order valence-electron chi connectivity index (χ3n) is 3.95. The van der Waals surface area contributed by atoms with Crippen LogP contribution in [0.25, 0.3) is 0 Å². The molecule has 2 atom stereocenters. The lowest BCUT2D eigenvalue weighted by molar-refractivity contribution is 0.101. The molecule has 1 heterocycles. The average Bonchev–Trinajstić information content (AvgIpc) is 2.89. The van der Waals surface area contributed by atoms with Crippen molar-refractivity contribution in [1.29, 1.82) is 0 Å². The fraction of sp³-hybridized carbons (Fsp3) is 0.625. The van der Waals surface area contributed by atoms with Crippen LogP contribution in [-0.2, 0) is 4.74 Å². The molecule has 0 spiro atoms. The van der Waals surface area contributed by atoms with Gasteiger partial charge in [0.25, 0.3) is 0 Å². The molecule has 0 aromatic heterocycles. The predicted molar refractivity (Wildman–Crippen MR) is 73.8 cm³/mol. The maximum Gasteiger partial charge on any atom is 0.0576 e. The van der Waals surface area contributed by atoms with Crippen molar-refractivity contribution in [3.63, 3.8) is 0 Å². The molecule has 0 amide bonds. The molecule has 1 saturated heterocycles. The first kappa shape index (κ1) is 13.6. The summed E-state index contributed by atoms with van der Waals surface area (Å²) in [7, 11) is 0. The topological polar surface area (TPSA) is 29.5 Å². The molecule has 2 rings (SSSR count). The summed E-state index contributed by atoms with van der Waals surface area (Å²) >= 11 is 0. The highest BCUT2D eigenvalue weighted by Crippen LogP contribution is 2.26. The van der Waals surface area contributed by atoms with Crippen molar-refractivity contribution < 1.29 is 9.84 Å². The molecule has 1 aromatic carbocycles. The van der Waals surface area contributed by atoms with E-state index >= 15 is 0 Å². The number of ether oxygens (including phenoxy) is 1. The second-order valence-electron chi connectivity index (χ2n) is 5.30. The number of aliphatic hydroxyl groups excluding tert-OH is 1. The lowest BCUT2D eigenvalue weighted by Gasteiger charge is -2.18. The number of rotatable bonds is 6. The first-order valence-corrected chi connectivity index (χ1v) is 7.09. The number of hydrogen-bond donors (Lipinski definition) is 1. The van der Waals surface area contributed by atoms with E-state index in [0.29, 0.717) is 6.10 Å². The monoisotopic (exact) mass is 248 g/mol. The zero-order chi connectivity index (χ0) is 12.8. The van der Waals surface area contributed by atoms with Crippen LogP contribution in [0.2, 0.25) is 0 Å². The van der Waals surface area contributed by atoms with Gasteiger partial charge in [-0.05, 0) is 43.7 Å². The van der Waals surface area contributed by atoms with Crippen molar-refractivity contribution >= 4 is 0 Å². The molecule has 1 fully saturated rings. The predicted octanol–water partition coefficient (Wildman–Crippen LogP) is 3.42. The molecule has 0 aliphatic carbocycles. The molecule has 1 aliphatic heterocycles. The highest BCUT2D eigenvalue weighted by atomic mass is 16.5. The smallest absolute Gasteiger partial charge is 0.0576 e. The van der Waals surface area contributed by atoms with E-state index < -0.39 is 0 Å². The Kier molecular flexibility index (Phi) is 5.21. The van der Waals surface area contributed by atoms with Crippen LogP contribution in [-0.4, -0.2) is 24.4 Å². The lowest BCUT2D eigenvalue weighted by Crippen LogP contribution is -2.09. The summed E-state index contributed by atoms with van der Waals surface area (Å²) in [6.07, 6.45) is 6.25. The molecule has 0 radical (unpaired) electrons. The minimum absolute atomic E-state index is 0.246. The normalized spacial score (nSPS) is 21.1. The first-order valence-electron chi connectivity index (χ1n) is 7.09. The zero-order valence-electron chi connectivity index (χ0n) is 11.3. The van der Waals surface area contributed by atoms with Gasteiger partial charge in [-0.3, -0.25) is 0 Å². The SMILES string of the molecule is Cc1ccccc1C(CO)CCCC1CCCO1. The second kappa shape index (κ2) is 6.91. The molecule has 2 unspecified atom stereocenters. The molecule has 1 aliphatic rings. The summed E-state index contributed by atoms with van der Waals surface area (Å²) in [6.45, 7) is 3.31. The summed E-state index contributed by atoms with van der Waals surface area (Å²) in [6, 6.07) is 8.38. The Balaban J connectivity index is 1.83. The quantitative estimate of drug-likeness (QED) is 0.836. The lowest BCUT2D eigenvalue weighted by atomic mass is 9.90. The zero-order valence-corrected chi connectivity index (χ0v) is 11.3. The van der Waals surface area contributed by atoms with Crippen LogP contribution < -0.4 is 0 Å². The Morgan fingerprint density at radius 1 is 1.39 bits per heavy atom. The molecule has 100 valence electrons. The van der Waals surface area contributed by atoms with E-state index in [1.165, 1.54) is 24.0 Å². The van der Waals surface area contributed by atoms with E-state index in [1.807, 2.05) is 0 Å². The highest BCUT2D eigenvalue weighted by molar-refractivity contribution is 5.29. The Morgan fingerprint density at radius 2 is 2.22 bits per heavy atom.